The summed E-state index contributed by atoms with van der Waals surface area (Å²) in [6.45, 7) is 0. The first kappa shape index (κ1) is 12.3. The molecule has 0 saturated heterocycles. The number of ether oxygens (including phenoxy) is 2. The van der Waals surface area contributed by atoms with Gasteiger partial charge in [0.2, 0.25) is 6.29 Å². The average molecular weight is 297 g/mol. The molecule has 90 valence electrons. The summed E-state index contributed by atoms with van der Waals surface area (Å²) in [5.74, 6) is 0. The van der Waals surface area contributed by atoms with Gasteiger partial charge in [-0.15, -0.1) is 0 Å². The summed E-state index contributed by atoms with van der Waals surface area (Å²) >= 11 is 3.45. The van der Waals surface area contributed by atoms with Crippen LogP contribution in [0.1, 0.15) is 12.0 Å². The van der Waals surface area contributed by atoms with E-state index in [0.717, 1.165) is 15.9 Å². The first-order valence-electron chi connectivity index (χ1n) is 5.12. The van der Waals surface area contributed by atoms with Crippen LogP contribution in [-0.4, -0.2) is 24.0 Å². The van der Waals surface area contributed by atoms with Gasteiger partial charge in [-0.05, 0) is 28.1 Å². The molecule has 1 heterocycles. The summed E-state index contributed by atoms with van der Waals surface area (Å²) in [5.41, 5.74) is 1.80. The van der Waals surface area contributed by atoms with Crippen LogP contribution in [0.4, 0.5) is 0 Å². The zero-order valence-electron chi connectivity index (χ0n) is 9.63. The molecule has 1 aromatic carbocycles. The molecule has 4 nitrogen and oxygen atoms in total. The SMILES string of the molecule is COC(OC)c1c(Br)cnn1-c1ccccc1. The number of benzene rings is 1. The molecular weight excluding hydrogens is 284 g/mol. The van der Waals surface area contributed by atoms with E-state index in [-0.39, 0.29) is 0 Å². The monoisotopic (exact) mass is 296 g/mol. The van der Waals surface area contributed by atoms with Crippen LogP contribution in [0.15, 0.2) is 41.0 Å². The number of hydrogen-bond donors (Lipinski definition) is 0. The molecule has 0 amide bonds. The second-order valence-electron chi connectivity index (χ2n) is 3.43. The van der Waals surface area contributed by atoms with E-state index in [0.29, 0.717) is 0 Å². The van der Waals surface area contributed by atoms with Crippen molar-refractivity contribution in [2.24, 2.45) is 0 Å². The average Bonchev–Trinajstić information content (AvgIpc) is 2.75. The van der Waals surface area contributed by atoms with E-state index in [9.17, 15) is 0 Å². The fourth-order valence-electron chi connectivity index (χ4n) is 1.64. The number of nitrogens with zero attached hydrogens (tertiary/aromatic N) is 2. The number of aromatic nitrogens is 2. The molecule has 0 fully saturated rings. The molecule has 0 aliphatic heterocycles. The third-order valence-electron chi connectivity index (χ3n) is 2.41. The number of para-hydroxylation sites is 1. The number of rotatable bonds is 4. The van der Waals surface area contributed by atoms with E-state index in [1.807, 2.05) is 30.3 Å². The second-order valence-corrected chi connectivity index (χ2v) is 4.28. The Hall–Kier alpha value is -1.17. The molecule has 0 aliphatic rings. The van der Waals surface area contributed by atoms with Crippen LogP contribution in [0, 0.1) is 0 Å². The third-order valence-corrected chi connectivity index (χ3v) is 3.02. The fourth-order valence-corrected chi connectivity index (χ4v) is 2.09. The van der Waals surface area contributed by atoms with Crippen LogP contribution in [-0.2, 0) is 9.47 Å². The van der Waals surface area contributed by atoms with Crippen LogP contribution in [0.3, 0.4) is 0 Å². The van der Waals surface area contributed by atoms with E-state index in [1.165, 1.54) is 0 Å². The normalized spacial score (nSPS) is 11.1. The Balaban J connectivity index is 2.49. The van der Waals surface area contributed by atoms with E-state index < -0.39 is 6.29 Å². The Morgan fingerprint density at radius 2 is 1.82 bits per heavy atom. The van der Waals surface area contributed by atoms with Crippen LogP contribution >= 0.6 is 15.9 Å². The molecular formula is C12H13BrN2O2. The van der Waals surface area contributed by atoms with Crippen molar-refractivity contribution in [3.8, 4) is 5.69 Å². The van der Waals surface area contributed by atoms with Crippen molar-refractivity contribution in [2.75, 3.05) is 14.2 Å². The van der Waals surface area contributed by atoms with Crippen molar-refractivity contribution < 1.29 is 9.47 Å². The summed E-state index contributed by atoms with van der Waals surface area (Å²) < 4.78 is 13.2. The Bertz CT molecular complexity index is 481. The highest BCUT2D eigenvalue weighted by molar-refractivity contribution is 9.10. The summed E-state index contributed by atoms with van der Waals surface area (Å²) in [6.07, 6.45) is 1.28. The van der Waals surface area contributed by atoms with Gasteiger partial charge in [0.05, 0.1) is 16.4 Å². The first-order valence-corrected chi connectivity index (χ1v) is 5.91. The Morgan fingerprint density at radius 1 is 1.18 bits per heavy atom. The Morgan fingerprint density at radius 3 is 2.41 bits per heavy atom. The smallest absolute Gasteiger partial charge is 0.201 e. The predicted octanol–water partition coefficient (Wildman–Crippen LogP) is 2.93. The van der Waals surface area contributed by atoms with Gasteiger partial charge in [0.15, 0.2) is 0 Å². The van der Waals surface area contributed by atoms with Crippen molar-refractivity contribution in [3.05, 3.63) is 46.7 Å². The molecule has 0 radical (unpaired) electrons. The highest BCUT2D eigenvalue weighted by Gasteiger charge is 2.20. The Labute approximate surface area is 108 Å². The van der Waals surface area contributed by atoms with Gasteiger partial charge in [0, 0.05) is 14.2 Å². The van der Waals surface area contributed by atoms with Gasteiger partial charge in [-0.25, -0.2) is 4.68 Å². The first-order chi connectivity index (χ1) is 8.27. The standard InChI is InChI=1S/C12H13BrN2O2/c1-16-12(17-2)11-10(13)8-14-15(11)9-6-4-3-5-7-9/h3-8,12H,1-2H3. The van der Waals surface area contributed by atoms with E-state index in [1.54, 1.807) is 25.1 Å². The maximum atomic E-state index is 5.27. The zero-order valence-corrected chi connectivity index (χ0v) is 11.2. The largest absolute Gasteiger partial charge is 0.350 e. The van der Waals surface area contributed by atoms with Crippen LogP contribution in [0.25, 0.3) is 5.69 Å². The topological polar surface area (TPSA) is 36.3 Å². The third kappa shape index (κ3) is 2.41. The lowest BCUT2D eigenvalue weighted by Crippen LogP contribution is -2.11. The quantitative estimate of drug-likeness (QED) is 0.814. The van der Waals surface area contributed by atoms with Gasteiger partial charge in [-0.1, -0.05) is 18.2 Å². The van der Waals surface area contributed by atoms with Gasteiger partial charge in [0.25, 0.3) is 0 Å². The van der Waals surface area contributed by atoms with Crippen LogP contribution < -0.4 is 0 Å². The van der Waals surface area contributed by atoms with Gasteiger partial charge in [-0.2, -0.15) is 5.10 Å². The van der Waals surface area contributed by atoms with Crippen molar-refractivity contribution >= 4 is 15.9 Å². The van der Waals surface area contributed by atoms with Crippen molar-refractivity contribution in [1.29, 1.82) is 0 Å². The molecule has 0 atom stereocenters. The summed E-state index contributed by atoms with van der Waals surface area (Å²) in [6, 6.07) is 9.84. The summed E-state index contributed by atoms with van der Waals surface area (Å²) in [7, 11) is 3.20. The predicted molar refractivity (Wildman–Crippen MR) is 68.0 cm³/mol. The van der Waals surface area contributed by atoms with Crippen molar-refractivity contribution in [2.45, 2.75) is 6.29 Å². The van der Waals surface area contributed by atoms with Crippen LogP contribution in [0.5, 0.6) is 0 Å². The highest BCUT2D eigenvalue weighted by Crippen LogP contribution is 2.28. The molecule has 2 rings (SSSR count). The number of halogens is 1. The molecule has 2 aromatic rings. The summed E-state index contributed by atoms with van der Waals surface area (Å²) in [4.78, 5) is 0. The highest BCUT2D eigenvalue weighted by atomic mass is 79.9. The molecule has 17 heavy (non-hydrogen) atoms. The molecule has 0 N–H and O–H groups in total. The van der Waals surface area contributed by atoms with Gasteiger partial charge in [0.1, 0.15) is 5.69 Å². The fraction of sp³-hybridized carbons (Fsp3) is 0.250. The maximum absolute atomic E-state index is 5.27. The molecule has 0 saturated carbocycles. The van der Waals surface area contributed by atoms with Gasteiger partial charge >= 0.3 is 0 Å². The Kier molecular flexibility index (Phi) is 3.93. The minimum absolute atomic E-state index is 0.452. The van der Waals surface area contributed by atoms with Gasteiger partial charge in [-0.3, -0.25) is 0 Å². The molecule has 0 unspecified atom stereocenters. The minimum atomic E-state index is -0.452. The lowest BCUT2D eigenvalue weighted by molar-refractivity contribution is -0.110. The maximum Gasteiger partial charge on any atom is 0.201 e. The van der Waals surface area contributed by atoms with E-state index in [2.05, 4.69) is 21.0 Å². The van der Waals surface area contributed by atoms with Crippen LogP contribution in [0.2, 0.25) is 0 Å². The molecule has 1 aromatic heterocycles. The minimum Gasteiger partial charge on any atom is -0.350 e. The van der Waals surface area contributed by atoms with E-state index >= 15 is 0 Å². The number of hydrogen-bond acceptors (Lipinski definition) is 3. The zero-order chi connectivity index (χ0) is 12.3. The second kappa shape index (κ2) is 5.44. The molecule has 0 bridgehead atoms. The van der Waals surface area contributed by atoms with Gasteiger partial charge < -0.3 is 9.47 Å². The lowest BCUT2D eigenvalue weighted by atomic mass is 10.3. The van der Waals surface area contributed by atoms with Crippen molar-refractivity contribution in [3.63, 3.8) is 0 Å². The number of methoxy groups -OCH3 is 2. The van der Waals surface area contributed by atoms with E-state index in [4.69, 9.17) is 9.47 Å². The molecule has 5 heteroatoms. The summed E-state index contributed by atoms with van der Waals surface area (Å²) in [5, 5.41) is 4.31. The molecule has 0 aliphatic carbocycles. The van der Waals surface area contributed by atoms with Crippen molar-refractivity contribution in [1.82, 2.24) is 9.78 Å². The molecule has 0 spiro atoms. The lowest BCUT2D eigenvalue weighted by Gasteiger charge is -2.16.